The maximum Gasteiger partial charge on any atom is 0.421 e. The second kappa shape index (κ2) is 3.79. The molecule has 1 unspecified atom stereocenters. The normalized spacial score (nSPS) is 15.6. The van der Waals surface area contributed by atoms with E-state index in [1.165, 1.54) is 25.1 Å². The van der Waals surface area contributed by atoms with Gasteiger partial charge in [-0.3, -0.25) is 0 Å². The highest BCUT2D eigenvalue weighted by atomic mass is 19.4. The smallest absolute Gasteiger partial charge is 0.421 e. The highest BCUT2D eigenvalue weighted by molar-refractivity contribution is 5.82. The van der Waals surface area contributed by atoms with Gasteiger partial charge in [0.25, 0.3) is 0 Å². The summed E-state index contributed by atoms with van der Waals surface area (Å²) in [7, 11) is 0. The number of nitrogens with two attached hydrogens (primary N) is 1. The zero-order chi connectivity index (χ0) is 12.6. The first kappa shape index (κ1) is 12.5. The van der Waals surface area contributed by atoms with Crippen molar-refractivity contribution in [2.24, 2.45) is 5.73 Å². The molecular weight excluding hydrogens is 223 g/mol. The lowest BCUT2D eigenvalue weighted by molar-refractivity contribution is -0.204. The molecule has 0 aliphatic heterocycles. The van der Waals surface area contributed by atoms with Gasteiger partial charge in [-0.1, -0.05) is 24.3 Å². The van der Waals surface area contributed by atoms with Crippen LogP contribution < -0.4 is 5.73 Å². The molecule has 16 heavy (non-hydrogen) atoms. The summed E-state index contributed by atoms with van der Waals surface area (Å²) in [4.78, 5) is 10.8. The summed E-state index contributed by atoms with van der Waals surface area (Å²) in [5, 5.41) is 8.70. The number of hydrogen-bond acceptors (Lipinski definition) is 2. The quantitative estimate of drug-likeness (QED) is 0.818. The number of benzene rings is 1. The molecule has 0 fully saturated rings. The van der Waals surface area contributed by atoms with Crippen LogP contribution in [0, 0.1) is 6.92 Å². The predicted octanol–water partition coefficient (Wildman–Crippen LogP) is 1.80. The van der Waals surface area contributed by atoms with Crippen molar-refractivity contribution in [2.75, 3.05) is 0 Å². The lowest BCUT2D eigenvalue weighted by atomic mass is 9.87. The van der Waals surface area contributed by atoms with E-state index in [0.717, 1.165) is 6.07 Å². The van der Waals surface area contributed by atoms with Crippen LogP contribution in [-0.2, 0) is 10.3 Å². The van der Waals surface area contributed by atoms with Gasteiger partial charge >= 0.3 is 12.1 Å². The van der Waals surface area contributed by atoms with E-state index in [0.29, 0.717) is 0 Å². The van der Waals surface area contributed by atoms with Crippen molar-refractivity contribution >= 4 is 5.97 Å². The second-order valence-electron chi connectivity index (χ2n) is 3.43. The Hall–Kier alpha value is -1.56. The number of carbonyl (C=O) groups is 1. The second-order valence-corrected chi connectivity index (χ2v) is 3.43. The Morgan fingerprint density at radius 3 is 2.19 bits per heavy atom. The van der Waals surface area contributed by atoms with Crippen LogP contribution in [0.1, 0.15) is 11.1 Å². The summed E-state index contributed by atoms with van der Waals surface area (Å²) in [5.41, 5.74) is 1.39. The predicted molar refractivity (Wildman–Crippen MR) is 50.7 cm³/mol. The fraction of sp³-hybridized carbons (Fsp3) is 0.300. The molecule has 0 amide bonds. The fourth-order valence-electron chi connectivity index (χ4n) is 1.40. The molecule has 88 valence electrons. The van der Waals surface area contributed by atoms with Crippen LogP contribution in [0.2, 0.25) is 0 Å². The first-order valence-electron chi connectivity index (χ1n) is 4.36. The number of aryl methyl sites for hydroxylation is 1. The monoisotopic (exact) mass is 233 g/mol. The van der Waals surface area contributed by atoms with E-state index >= 15 is 0 Å². The third-order valence-electron chi connectivity index (χ3n) is 2.35. The zero-order valence-electron chi connectivity index (χ0n) is 8.38. The summed E-state index contributed by atoms with van der Waals surface area (Å²) in [5.74, 6) is -2.12. The number of alkyl halides is 3. The first-order chi connectivity index (χ1) is 7.21. The van der Waals surface area contributed by atoms with Crippen molar-refractivity contribution in [3.8, 4) is 0 Å². The van der Waals surface area contributed by atoms with E-state index in [4.69, 9.17) is 10.8 Å². The van der Waals surface area contributed by atoms with Crippen LogP contribution in [0.25, 0.3) is 0 Å². The number of rotatable bonds is 2. The Kier molecular flexibility index (Phi) is 2.96. The lowest BCUT2D eigenvalue weighted by Gasteiger charge is -2.29. The van der Waals surface area contributed by atoms with Crippen LogP contribution in [-0.4, -0.2) is 17.3 Å². The molecule has 3 N–H and O–H groups in total. The molecule has 6 heteroatoms. The SMILES string of the molecule is Cc1ccccc1C(N)(C(=O)O)C(F)(F)F. The minimum Gasteiger partial charge on any atom is -0.479 e. The summed E-state index contributed by atoms with van der Waals surface area (Å²) >= 11 is 0. The van der Waals surface area contributed by atoms with Crippen molar-refractivity contribution in [1.82, 2.24) is 0 Å². The largest absolute Gasteiger partial charge is 0.479 e. The molecule has 0 saturated carbocycles. The Balaban J connectivity index is 3.46. The van der Waals surface area contributed by atoms with Gasteiger partial charge in [0, 0.05) is 0 Å². The topological polar surface area (TPSA) is 63.3 Å². The number of aliphatic carboxylic acids is 1. The summed E-state index contributed by atoms with van der Waals surface area (Å²) in [6, 6.07) is 5.28. The van der Waals surface area contributed by atoms with Gasteiger partial charge < -0.3 is 10.8 Å². The van der Waals surface area contributed by atoms with Gasteiger partial charge in [-0.05, 0) is 18.1 Å². The number of carboxylic acids is 1. The molecule has 0 heterocycles. The van der Waals surface area contributed by atoms with Gasteiger partial charge in [0.1, 0.15) is 0 Å². The molecule has 0 radical (unpaired) electrons. The molecule has 3 nitrogen and oxygen atoms in total. The van der Waals surface area contributed by atoms with Crippen LogP contribution in [0.4, 0.5) is 13.2 Å². The standard InChI is InChI=1S/C10H10F3NO2/c1-6-4-2-3-5-7(6)9(14,8(15)16)10(11,12)13/h2-5H,14H2,1H3,(H,15,16). The van der Waals surface area contributed by atoms with Gasteiger partial charge in [-0.15, -0.1) is 0 Å². The van der Waals surface area contributed by atoms with Gasteiger partial charge in [0.2, 0.25) is 5.54 Å². The van der Waals surface area contributed by atoms with E-state index in [-0.39, 0.29) is 5.56 Å². The number of carboxylic acid groups (broad SMARTS) is 1. The highest BCUT2D eigenvalue weighted by Crippen LogP contribution is 2.38. The highest BCUT2D eigenvalue weighted by Gasteiger charge is 2.59. The molecule has 1 aromatic carbocycles. The number of hydrogen-bond donors (Lipinski definition) is 2. The third-order valence-corrected chi connectivity index (χ3v) is 2.35. The van der Waals surface area contributed by atoms with Crippen LogP contribution in [0.15, 0.2) is 24.3 Å². The maximum absolute atomic E-state index is 12.7. The van der Waals surface area contributed by atoms with Crippen molar-refractivity contribution in [3.63, 3.8) is 0 Å². The Labute approximate surface area is 89.7 Å². The van der Waals surface area contributed by atoms with E-state index in [1.54, 1.807) is 0 Å². The minimum absolute atomic E-state index is 0.185. The molecule has 0 aliphatic carbocycles. The third kappa shape index (κ3) is 1.76. The fourth-order valence-corrected chi connectivity index (χ4v) is 1.40. The van der Waals surface area contributed by atoms with Gasteiger partial charge in [0.05, 0.1) is 0 Å². The first-order valence-corrected chi connectivity index (χ1v) is 4.36. The molecule has 1 atom stereocenters. The molecule has 1 rings (SSSR count). The van der Waals surface area contributed by atoms with Crippen LogP contribution in [0.5, 0.6) is 0 Å². The summed E-state index contributed by atoms with van der Waals surface area (Å²) < 4.78 is 38.1. The zero-order valence-corrected chi connectivity index (χ0v) is 8.38. The van der Waals surface area contributed by atoms with Crippen molar-refractivity contribution < 1.29 is 23.1 Å². The van der Waals surface area contributed by atoms with Gasteiger partial charge in [-0.2, -0.15) is 13.2 Å². The van der Waals surface area contributed by atoms with Crippen molar-refractivity contribution in [1.29, 1.82) is 0 Å². The average Bonchev–Trinajstić information content (AvgIpc) is 2.15. The van der Waals surface area contributed by atoms with Gasteiger partial charge in [-0.25, -0.2) is 4.79 Å². The molecule has 0 aliphatic rings. The Morgan fingerprint density at radius 2 is 1.81 bits per heavy atom. The Bertz CT molecular complexity index is 417. The van der Waals surface area contributed by atoms with Crippen molar-refractivity contribution in [2.45, 2.75) is 18.6 Å². The van der Waals surface area contributed by atoms with E-state index in [9.17, 15) is 18.0 Å². The molecular formula is C10H10F3NO2. The van der Waals surface area contributed by atoms with E-state index in [2.05, 4.69) is 0 Å². The molecule has 1 aromatic rings. The van der Waals surface area contributed by atoms with Gasteiger partial charge in [0.15, 0.2) is 0 Å². The van der Waals surface area contributed by atoms with Crippen LogP contribution >= 0.6 is 0 Å². The van der Waals surface area contributed by atoms with Crippen molar-refractivity contribution in [3.05, 3.63) is 35.4 Å². The molecule has 0 bridgehead atoms. The van der Waals surface area contributed by atoms with E-state index < -0.39 is 23.2 Å². The average molecular weight is 233 g/mol. The maximum atomic E-state index is 12.7. The molecule has 0 spiro atoms. The summed E-state index contributed by atoms with van der Waals surface area (Å²) in [6.45, 7) is 1.38. The Morgan fingerprint density at radius 1 is 1.31 bits per heavy atom. The molecule has 0 saturated heterocycles. The van der Waals surface area contributed by atoms with E-state index in [1.807, 2.05) is 0 Å². The minimum atomic E-state index is -5.05. The number of halogens is 3. The molecule has 0 aromatic heterocycles. The lowest BCUT2D eigenvalue weighted by Crippen LogP contribution is -2.56. The summed E-state index contributed by atoms with van der Waals surface area (Å²) in [6.07, 6.45) is -5.05. The van der Waals surface area contributed by atoms with Crippen LogP contribution in [0.3, 0.4) is 0 Å².